The number of amides is 2. The van der Waals surface area contributed by atoms with Gasteiger partial charge in [-0.15, -0.1) is 0 Å². The van der Waals surface area contributed by atoms with Crippen LogP contribution in [-0.4, -0.2) is 23.5 Å². The smallest absolute Gasteiger partial charge is 0.319 e. The van der Waals surface area contributed by atoms with E-state index in [4.69, 9.17) is 9.15 Å². The number of para-hydroxylation sites is 1. The summed E-state index contributed by atoms with van der Waals surface area (Å²) in [5.41, 5.74) is 1.58. The SMILES string of the molecule is O=C(NCCC(=O)OCc1ncc(-c2ccccc2)o1)Nc1ccccc1. The number of ether oxygens (including phenoxy) is 1. The highest BCUT2D eigenvalue weighted by molar-refractivity contribution is 5.89. The van der Waals surface area contributed by atoms with Crippen molar-refractivity contribution in [2.45, 2.75) is 13.0 Å². The summed E-state index contributed by atoms with van der Waals surface area (Å²) in [6.45, 7) is 0.111. The Morgan fingerprint density at radius 3 is 2.44 bits per heavy atom. The number of nitrogens with zero attached hydrogens (tertiary/aromatic N) is 1. The van der Waals surface area contributed by atoms with Crippen LogP contribution in [0.15, 0.2) is 71.3 Å². The minimum Gasteiger partial charge on any atom is -0.456 e. The van der Waals surface area contributed by atoms with E-state index in [1.165, 1.54) is 0 Å². The maximum Gasteiger partial charge on any atom is 0.319 e. The fourth-order valence-corrected chi connectivity index (χ4v) is 2.30. The summed E-state index contributed by atoms with van der Waals surface area (Å²) in [5, 5.41) is 5.26. The largest absolute Gasteiger partial charge is 0.456 e. The van der Waals surface area contributed by atoms with Gasteiger partial charge in [-0.2, -0.15) is 0 Å². The lowest BCUT2D eigenvalue weighted by molar-refractivity contribution is -0.145. The van der Waals surface area contributed by atoms with Crippen LogP contribution in [0.4, 0.5) is 10.5 Å². The first-order valence-corrected chi connectivity index (χ1v) is 8.46. The molecular weight excluding hydrogens is 346 g/mol. The molecule has 0 saturated heterocycles. The maximum absolute atomic E-state index is 11.8. The van der Waals surface area contributed by atoms with Gasteiger partial charge in [0.25, 0.3) is 0 Å². The van der Waals surface area contributed by atoms with Gasteiger partial charge in [0.15, 0.2) is 12.4 Å². The molecule has 27 heavy (non-hydrogen) atoms. The van der Waals surface area contributed by atoms with Crippen LogP contribution in [0.2, 0.25) is 0 Å². The van der Waals surface area contributed by atoms with Gasteiger partial charge in [-0.05, 0) is 12.1 Å². The van der Waals surface area contributed by atoms with Gasteiger partial charge >= 0.3 is 12.0 Å². The second-order valence-electron chi connectivity index (χ2n) is 5.64. The van der Waals surface area contributed by atoms with Gasteiger partial charge in [0.05, 0.1) is 12.6 Å². The monoisotopic (exact) mass is 365 g/mol. The Morgan fingerprint density at radius 1 is 1.00 bits per heavy atom. The molecule has 0 aliphatic carbocycles. The zero-order chi connectivity index (χ0) is 18.9. The highest BCUT2D eigenvalue weighted by atomic mass is 16.5. The van der Waals surface area contributed by atoms with Crippen molar-refractivity contribution in [1.29, 1.82) is 0 Å². The molecular formula is C20H19N3O4. The zero-order valence-electron chi connectivity index (χ0n) is 14.6. The molecule has 0 unspecified atom stereocenters. The molecule has 0 aliphatic rings. The lowest BCUT2D eigenvalue weighted by atomic mass is 10.2. The van der Waals surface area contributed by atoms with Gasteiger partial charge in [0.1, 0.15) is 0 Å². The molecule has 3 rings (SSSR count). The molecule has 0 aliphatic heterocycles. The fourth-order valence-electron chi connectivity index (χ4n) is 2.30. The number of hydrogen-bond donors (Lipinski definition) is 2. The van der Waals surface area contributed by atoms with E-state index in [1.807, 2.05) is 48.5 Å². The number of benzene rings is 2. The van der Waals surface area contributed by atoms with E-state index in [0.717, 1.165) is 5.56 Å². The third kappa shape index (κ3) is 5.71. The molecule has 0 radical (unpaired) electrons. The number of esters is 1. The standard InChI is InChI=1S/C20H19N3O4/c24-19(11-12-21-20(25)23-16-9-5-2-6-10-16)26-14-18-22-13-17(27-18)15-7-3-1-4-8-15/h1-10,13H,11-12,14H2,(H2,21,23,25). The highest BCUT2D eigenvalue weighted by Crippen LogP contribution is 2.20. The van der Waals surface area contributed by atoms with Gasteiger partial charge in [-0.3, -0.25) is 4.79 Å². The molecule has 138 valence electrons. The average molecular weight is 365 g/mol. The summed E-state index contributed by atoms with van der Waals surface area (Å²) in [6, 6.07) is 18.2. The van der Waals surface area contributed by atoms with Gasteiger partial charge < -0.3 is 19.8 Å². The van der Waals surface area contributed by atoms with Crippen molar-refractivity contribution in [2.75, 3.05) is 11.9 Å². The van der Waals surface area contributed by atoms with Crippen molar-refractivity contribution in [1.82, 2.24) is 10.3 Å². The van der Waals surface area contributed by atoms with Crippen molar-refractivity contribution in [3.63, 3.8) is 0 Å². The normalized spacial score (nSPS) is 10.2. The maximum atomic E-state index is 11.8. The number of carbonyl (C=O) groups excluding carboxylic acids is 2. The number of hydrogen-bond acceptors (Lipinski definition) is 5. The van der Waals surface area contributed by atoms with Crippen LogP contribution in [0, 0.1) is 0 Å². The number of carbonyl (C=O) groups is 2. The van der Waals surface area contributed by atoms with E-state index in [0.29, 0.717) is 17.3 Å². The lowest BCUT2D eigenvalue weighted by Crippen LogP contribution is -2.30. The number of aromatic nitrogens is 1. The van der Waals surface area contributed by atoms with E-state index < -0.39 is 5.97 Å². The van der Waals surface area contributed by atoms with Crippen LogP contribution in [0.3, 0.4) is 0 Å². The van der Waals surface area contributed by atoms with Crippen LogP contribution < -0.4 is 10.6 Å². The highest BCUT2D eigenvalue weighted by Gasteiger charge is 2.10. The van der Waals surface area contributed by atoms with Crippen LogP contribution in [0.1, 0.15) is 12.3 Å². The number of anilines is 1. The Balaban J connectivity index is 1.36. The minimum atomic E-state index is -0.450. The predicted molar refractivity (Wildman–Crippen MR) is 99.8 cm³/mol. The van der Waals surface area contributed by atoms with Gasteiger partial charge in [-0.25, -0.2) is 9.78 Å². The lowest BCUT2D eigenvalue weighted by Gasteiger charge is -2.07. The van der Waals surface area contributed by atoms with Crippen molar-refractivity contribution in [2.24, 2.45) is 0 Å². The molecule has 2 aromatic carbocycles. The average Bonchev–Trinajstić information content (AvgIpc) is 3.17. The first-order valence-electron chi connectivity index (χ1n) is 8.46. The quantitative estimate of drug-likeness (QED) is 0.624. The molecule has 3 aromatic rings. The number of urea groups is 1. The molecule has 0 spiro atoms. The summed E-state index contributed by atoms with van der Waals surface area (Å²) in [4.78, 5) is 27.6. The topological polar surface area (TPSA) is 93.5 Å². The van der Waals surface area contributed by atoms with Crippen LogP contribution in [0.25, 0.3) is 11.3 Å². The van der Waals surface area contributed by atoms with E-state index in [1.54, 1.807) is 18.3 Å². The minimum absolute atomic E-state index is 0.0501. The second kappa shape index (κ2) is 9.19. The summed E-state index contributed by atoms with van der Waals surface area (Å²) >= 11 is 0. The van der Waals surface area contributed by atoms with E-state index in [-0.39, 0.29) is 25.6 Å². The van der Waals surface area contributed by atoms with Gasteiger partial charge in [-0.1, -0.05) is 48.5 Å². The van der Waals surface area contributed by atoms with Crippen LogP contribution >= 0.6 is 0 Å². The van der Waals surface area contributed by atoms with Crippen LogP contribution in [-0.2, 0) is 16.1 Å². The van der Waals surface area contributed by atoms with E-state index >= 15 is 0 Å². The summed E-state index contributed by atoms with van der Waals surface area (Å²) in [7, 11) is 0. The first-order chi connectivity index (χ1) is 13.2. The third-order valence-electron chi connectivity index (χ3n) is 3.61. The Labute approximate surface area is 156 Å². The number of nitrogens with one attached hydrogen (secondary N) is 2. The van der Waals surface area contributed by atoms with Crippen molar-refractivity contribution < 1.29 is 18.7 Å². The summed E-state index contributed by atoms with van der Waals surface area (Å²) in [5.74, 6) is 0.479. The molecule has 2 N–H and O–H groups in total. The molecule has 1 aromatic heterocycles. The Hall–Kier alpha value is -3.61. The molecule has 0 fully saturated rings. The zero-order valence-corrected chi connectivity index (χ0v) is 14.6. The van der Waals surface area contributed by atoms with E-state index in [2.05, 4.69) is 15.6 Å². The Morgan fingerprint density at radius 2 is 1.70 bits per heavy atom. The number of rotatable bonds is 7. The van der Waals surface area contributed by atoms with E-state index in [9.17, 15) is 9.59 Å². The molecule has 0 atom stereocenters. The molecule has 1 heterocycles. The molecule has 0 saturated carbocycles. The summed E-state index contributed by atoms with van der Waals surface area (Å²) < 4.78 is 10.7. The van der Waals surface area contributed by atoms with Crippen molar-refractivity contribution in [3.8, 4) is 11.3 Å². The van der Waals surface area contributed by atoms with Crippen molar-refractivity contribution in [3.05, 3.63) is 72.8 Å². The fraction of sp³-hybridized carbons (Fsp3) is 0.150. The second-order valence-corrected chi connectivity index (χ2v) is 5.64. The molecule has 7 nitrogen and oxygen atoms in total. The first kappa shape index (κ1) is 18.2. The summed E-state index contributed by atoms with van der Waals surface area (Å²) in [6.07, 6.45) is 1.64. The van der Waals surface area contributed by atoms with Crippen LogP contribution in [0.5, 0.6) is 0 Å². The molecule has 0 bridgehead atoms. The molecule has 7 heteroatoms. The Kier molecular flexibility index (Phi) is 6.19. The van der Waals surface area contributed by atoms with Gasteiger partial charge in [0, 0.05) is 17.8 Å². The van der Waals surface area contributed by atoms with Crippen molar-refractivity contribution >= 4 is 17.7 Å². The number of oxazole rings is 1. The molecule has 2 amide bonds. The predicted octanol–water partition coefficient (Wildman–Crippen LogP) is 3.60. The third-order valence-corrected chi connectivity index (χ3v) is 3.61. The Bertz CT molecular complexity index is 879. The van der Waals surface area contributed by atoms with Gasteiger partial charge in [0.2, 0.25) is 5.89 Å².